The first-order chi connectivity index (χ1) is 9.31. The van der Waals surface area contributed by atoms with E-state index < -0.39 is 0 Å². The van der Waals surface area contributed by atoms with Gasteiger partial charge in [-0.3, -0.25) is 9.78 Å². The van der Waals surface area contributed by atoms with Gasteiger partial charge >= 0.3 is 4.87 Å². The number of nitrogens with zero attached hydrogens (tertiary/aromatic N) is 1. The van der Waals surface area contributed by atoms with E-state index in [0.29, 0.717) is 6.54 Å². The zero-order valence-electron chi connectivity index (χ0n) is 10.2. The number of rotatable bonds is 4. The molecule has 96 valence electrons. The number of aromatic nitrogens is 2. The van der Waals surface area contributed by atoms with E-state index in [4.69, 9.17) is 0 Å². The number of pyridine rings is 1. The lowest BCUT2D eigenvalue weighted by atomic mass is 10.1. The second-order valence-corrected chi connectivity index (χ2v) is 5.18. The molecule has 4 nitrogen and oxygen atoms in total. The fourth-order valence-electron chi connectivity index (χ4n) is 1.98. The molecule has 19 heavy (non-hydrogen) atoms. The molecule has 0 spiro atoms. The number of benzene rings is 1. The number of H-pyrrole nitrogens is 1. The van der Waals surface area contributed by atoms with Crippen LogP contribution >= 0.6 is 11.3 Å². The van der Waals surface area contributed by atoms with Gasteiger partial charge in [0.25, 0.3) is 0 Å². The van der Waals surface area contributed by atoms with Crippen molar-refractivity contribution in [2.45, 2.75) is 13.1 Å². The first-order valence-corrected chi connectivity index (χ1v) is 6.89. The summed E-state index contributed by atoms with van der Waals surface area (Å²) in [5.41, 5.74) is 2.15. The average Bonchev–Trinajstić information content (AvgIpc) is 2.84. The number of aromatic amines is 1. The Hall–Kier alpha value is -1.98. The van der Waals surface area contributed by atoms with Gasteiger partial charge in [0, 0.05) is 41.9 Å². The monoisotopic (exact) mass is 271 g/mol. The Balaban J connectivity index is 1.66. The van der Waals surface area contributed by atoms with Crippen molar-refractivity contribution in [3.8, 4) is 0 Å². The molecule has 0 bridgehead atoms. The molecule has 0 amide bonds. The average molecular weight is 271 g/mol. The van der Waals surface area contributed by atoms with Crippen molar-refractivity contribution in [2.75, 3.05) is 0 Å². The Morgan fingerprint density at radius 3 is 3.00 bits per heavy atom. The quantitative estimate of drug-likeness (QED) is 0.765. The fraction of sp³-hybridized carbons (Fsp3) is 0.143. The summed E-state index contributed by atoms with van der Waals surface area (Å²) in [6.45, 7) is 1.45. The Morgan fingerprint density at radius 2 is 2.16 bits per heavy atom. The molecule has 0 aliphatic heterocycles. The van der Waals surface area contributed by atoms with Crippen LogP contribution in [0.15, 0.2) is 46.8 Å². The molecular formula is C14H13N3OS. The number of thiazole rings is 1. The van der Waals surface area contributed by atoms with Crippen LogP contribution in [0.1, 0.15) is 11.3 Å². The van der Waals surface area contributed by atoms with Crippen LogP contribution < -0.4 is 10.2 Å². The fourth-order valence-corrected chi connectivity index (χ4v) is 2.57. The topological polar surface area (TPSA) is 57.8 Å². The Kier molecular flexibility index (Phi) is 3.39. The molecule has 1 aromatic carbocycles. The van der Waals surface area contributed by atoms with Crippen LogP contribution in [0, 0.1) is 0 Å². The van der Waals surface area contributed by atoms with E-state index in [1.165, 1.54) is 22.3 Å². The maximum atomic E-state index is 11.0. The summed E-state index contributed by atoms with van der Waals surface area (Å²) >= 11 is 1.19. The molecule has 0 atom stereocenters. The number of hydrogen-bond acceptors (Lipinski definition) is 4. The second kappa shape index (κ2) is 5.34. The minimum absolute atomic E-state index is 0.00462. The lowest BCUT2D eigenvalue weighted by Crippen LogP contribution is -2.13. The van der Waals surface area contributed by atoms with Crippen molar-refractivity contribution in [3.63, 3.8) is 0 Å². The molecule has 0 saturated heterocycles. The van der Waals surface area contributed by atoms with Crippen molar-refractivity contribution in [3.05, 3.63) is 63.0 Å². The third-order valence-corrected chi connectivity index (χ3v) is 3.64. The summed E-state index contributed by atoms with van der Waals surface area (Å²) in [5, 5.41) is 7.51. The predicted octanol–water partition coefficient (Wildman–Crippen LogP) is 2.27. The molecular weight excluding hydrogens is 258 g/mol. The van der Waals surface area contributed by atoms with E-state index >= 15 is 0 Å². The number of fused-ring (bicyclic) bond motifs is 1. The molecule has 3 rings (SSSR count). The molecule has 0 fully saturated rings. The first kappa shape index (κ1) is 12.1. The molecule has 0 unspecified atom stereocenters. The molecule has 0 radical (unpaired) electrons. The zero-order valence-corrected chi connectivity index (χ0v) is 11.0. The van der Waals surface area contributed by atoms with Crippen LogP contribution in [0.25, 0.3) is 10.8 Å². The van der Waals surface area contributed by atoms with Crippen molar-refractivity contribution < 1.29 is 0 Å². The summed E-state index contributed by atoms with van der Waals surface area (Å²) in [6, 6.07) is 8.33. The highest BCUT2D eigenvalue weighted by atomic mass is 32.1. The van der Waals surface area contributed by atoms with E-state index in [9.17, 15) is 4.79 Å². The number of hydrogen-bond donors (Lipinski definition) is 2. The zero-order chi connectivity index (χ0) is 13.1. The van der Waals surface area contributed by atoms with Gasteiger partial charge in [-0.15, -0.1) is 0 Å². The lowest BCUT2D eigenvalue weighted by Gasteiger charge is -2.05. The van der Waals surface area contributed by atoms with Gasteiger partial charge in [0.15, 0.2) is 0 Å². The Bertz CT molecular complexity index is 747. The van der Waals surface area contributed by atoms with Gasteiger partial charge in [-0.25, -0.2) is 0 Å². The van der Waals surface area contributed by atoms with Gasteiger partial charge in [-0.2, -0.15) is 0 Å². The van der Waals surface area contributed by atoms with Gasteiger partial charge in [0.05, 0.1) is 0 Å². The molecule has 2 heterocycles. The molecule has 2 aromatic heterocycles. The van der Waals surface area contributed by atoms with Gasteiger partial charge in [0.2, 0.25) is 0 Å². The van der Waals surface area contributed by atoms with Crippen molar-refractivity contribution in [1.82, 2.24) is 15.3 Å². The third kappa shape index (κ3) is 2.89. The number of nitrogens with one attached hydrogen (secondary N) is 2. The van der Waals surface area contributed by atoms with Gasteiger partial charge < -0.3 is 10.3 Å². The minimum atomic E-state index is -0.00462. The van der Waals surface area contributed by atoms with Gasteiger partial charge in [0.1, 0.15) is 0 Å². The highest BCUT2D eigenvalue weighted by Crippen LogP contribution is 2.14. The molecule has 0 saturated carbocycles. The van der Waals surface area contributed by atoms with Crippen LogP contribution in [0.5, 0.6) is 0 Å². The lowest BCUT2D eigenvalue weighted by molar-refractivity contribution is 0.682. The molecule has 0 aliphatic rings. The normalized spacial score (nSPS) is 10.9. The minimum Gasteiger partial charge on any atom is -0.315 e. The summed E-state index contributed by atoms with van der Waals surface area (Å²) in [6.07, 6.45) is 3.66. The Morgan fingerprint density at radius 1 is 1.21 bits per heavy atom. The third-order valence-electron chi connectivity index (χ3n) is 2.92. The molecule has 0 aliphatic carbocycles. The summed E-state index contributed by atoms with van der Waals surface area (Å²) in [7, 11) is 0. The van der Waals surface area contributed by atoms with E-state index in [1.807, 2.05) is 17.6 Å². The highest BCUT2D eigenvalue weighted by Gasteiger charge is 1.98. The van der Waals surface area contributed by atoms with Crippen molar-refractivity contribution in [2.24, 2.45) is 0 Å². The van der Waals surface area contributed by atoms with E-state index in [0.717, 1.165) is 17.6 Å². The smallest absolute Gasteiger partial charge is 0.304 e. The van der Waals surface area contributed by atoms with Gasteiger partial charge in [-0.1, -0.05) is 23.5 Å². The molecule has 2 N–H and O–H groups in total. The first-order valence-electron chi connectivity index (χ1n) is 6.01. The predicted molar refractivity (Wildman–Crippen MR) is 77.2 cm³/mol. The van der Waals surface area contributed by atoms with Crippen LogP contribution in [0.2, 0.25) is 0 Å². The SMILES string of the molecule is O=c1[nH]c(CNCc2ccc3cnccc3c2)cs1. The van der Waals surface area contributed by atoms with Gasteiger partial charge in [-0.05, 0) is 23.1 Å². The highest BCUT2D eigenvalue weighted by molar-refractivity contribution is 7.07. The standard InChI is InChI=1S/C14H13N3OS/c18-14-17-13(9-19-14)8-16-6-10-1-2-12-7-15-4-3-11(12)5-10/h1-5,7,9,16H,6,8H2,(H,17,18). The molecule has 5 heteroatoms. The van der Waals surface area contributed by atoms with Crippen LogP contribution in [0.4, 0.5) is 0 Å². The van der Waals surface area contributed by atoms with Crippen LogP contribution in [0.3, 0.4) is 0 Å². The van der Waals surface area contributed by atoms with E-state index in [2.05, 4.69) is 33.5 Å². The molecule has 3 aromatic rings. The summed E-state index contributed by atoms with van der Waals surface area (Å²) in [4.78, 5) is 17.9. The van der Waals surface area contributed by atoms with E-state index in [1.54, 1.807) is 6.20 Å². The maximum Gasteiger partial charge on any atom is 0.304 e. The summed E-state index contributed by atoms with van der Waals surface area (Å²) < 4.78 is 0. The van der Waals surface area contributed by atoms with Crippen LogP contribution in [-0.2, 0) is 13.1 Å². The van der Waals surface area contributed by atoms with E-state index in [-0.39, 0.29) is 4.87 Å². The Labute approximate surface area is 114 Å². The van der Waals surface area contributed by atoms with Crippen LogP contribution in [-0.4, -0.2) is 9.97 Å². The largest absolute Gasteiger partial charge is 0.315 e. The second-order valence-electron chi connectivity index (χ2n) is 4.33. The maximum absolute atomic E-state index is 11.0. The van der Waals surface area contributed by atoms with Crippen molar-refractivity contribution >= 4 is 22.1 Å². The van der Waals surface area contributed by atoms with Crippen molar-refractivity contribution in [1.29, 1.82) is 0 Å². The summed E-state index contributed by atoms with van der Waals surface area (Å²) in [5.74, 6) is 0.